The fraction of sp³-hybridized carbons (Fsp3) is 0.467. The lowest BCUT2D eigenvalue weighted by molar-refractivity contribution is -0.146. The first-order valence-electron chi connectivity index (χ1n) is 6.93. The maximum atomic E-state index is 12.4. The largest absolute Gasteiger partial charge is 0.497 e. The number of nitrogens with zero attached hydrogens (tertiary/aromatic N) is 1. The predicted octanol–water partition coefficient (Wildman–Crippen LogP) is 0.727. The molecule has 2 atom stereocenters. The molecule has 5 heteroatoms. The van der Waals surface area contributed by atoms with Gasteiger partial charge in [-0.15, -0.1) is 0 Å². The van der Waals surface area contributed by atoms with Crippen LogP contribution in [0.15, 0.2) is 24.3 Å². The quantitative estimate of drug-likeness (QED) is 0.884. The van der Waals surface area contributed by atoms with Gasteiger partial charge in [0, 0.05) is 13.0 Å². The molecule has 0 saturated carbocycles. The monoisotopic (exact) mass is 274 g/mol. The van der Waals surface area contributed by atoms with Crippen molar-refractivity contribution in [3.63, 3.8) is 0 Å². The van der Waals surface area contributed by atoms with Crippen molar-refractivity contribution in [1.29, 1.82) is 0 Å². The van der Waals surface area contributed by atoms with E-state index in [0.29, 0.717) is 13.0 Å². The first-order valence-corrected chi connectivity index (χ1v) is 6.93. The van der Waals surface area contributed by atoms with Gasteiger partial charge >= 0.3 is 0 Å². The fourth-order valence-electron chi connectivity index (χ4n) is 2.97. The van der Waals surface area contributed by atoms with Crippen LogP contribution in [-0.4, -0.2) is 42.5 Å². The van der Waals surface area contributed by atoms with Crippen molar-refractivity contribution in [2.75, 3.05) is 13.7 Å². The Kier molecular flexibility index (Phi) is 3.34. The first kappa shape index (κ1) is 13.0. The van der Waals surface area contributed by atoms with Crippen molar-refractivity contribution in [1.82, 2.24) is 10.2 Å². The van der Waals surface area contributed by atoms with Crippen LogP contribution >= 0.6 is 0 Å². The Morgan fingerprint density at radius 1 is 1.30 bits per heavy atom. The van der Waals surface area contributed by atoms with Crippen LogP contribution in [0.25, 0.3) is 0 Å². The van der Waals surface area contributed by atoms with Gasteiger partial charge in [-0.2, -0.15) is 0 Å². The van der Waals surface area contributed by atoms with Crippen LogP contribution in [0.5, 0.6) is 5.75 Å². The molecule has 5 nitrogen and oxygen atoms in total. The van der Waals surface area contributed by atoms with E-state index in [1.54, 1.807) is 12.0 Å². The second kappa shape index (κ2) is 5.15. The third-order valence-electron chi connectivity index (χ3n) is 4.05. The van der Waals surface area contributed by atoms with Gasteiger partial charge in [0.1, 0.15) is 17.8 Å². The molecule has 106 valence electrons. The Bertz CT molecular complexity index is 526. The minimum atomic E-state index is -0.440. The van der Waals surface area contributed by atoms with Gasteiger partial charge in [0.15, 0.2) is 0 Å². The average Bonchev–Trinajstić information content (AvgIpc) is 2.95. The van der Waals surface area contributed by atoms with Gasteiger partial charge in [-0.3, -0.25) is 9.59 Å². The average molecular weight is 274 g/mol. The van der Waals surface area contributed by atoms with Crippen LogP contribution in [0.2, 0.25) is 0 Å². The molecule has 0 bridgehead atoms. The number of rotatable bonds is 3. The van der Waals surface area contributed by atoms with E-state index in [9.17, 15) is 9.59 Å². The van der Waals surface area contributed by atoms with Gasteiger partial charge in [0.25, 0.3) is 0 Å². The lowest BCUT2D eigenvalue weighted by Gasteiger charge is -2.34. The molecule has 2 amide bonds. The van der Waals surface area contributed by atoms with E-state index in [1.807, 2.05) is 24.3 Å². The maximum Gasteiger partial charge on any atom is 0.246 e. The number of ether oxygens (including phenoxy) is 1. The SMILES string of the molecule is COc1ccc(C[C@@H]2NC(=O)[C@@H]3CCCN3C2=O)cc1. The lowest BCUT2D eigenvalue weighted by atomic mass is 10.0. The molecule has 20 heavy (non-hydrogen) atoms. The zero-order valence-electron chi connectivity index (χ0n) is 11.5. The zero-order valence-corrected chi connectivity index (χ0v) is 11.5. The molecule has 1 aromatic rings. The van der Waals surface area contributed by atoms with Gasteiger partial charge in [0.2, 0.25) is 11.8 Å². The summed E-state index contributed by atoms with van der Waals surface area (Å²) in [6.45, 7) is 0.704. The molecule has 0 spiro atoms. The summed E-state index contributed by atoms with van der Waals surface area (Å²) in [6, 6.07) is 6.90. The molecule has 0 unspecified atom stereocenters. The van der Waals surface area contributed by atoms with Gasteiger partial charge in [-0.25, -0.2) is 0 Å². The summed E-state index contributed by atoms with van der Waals surface area (Å²) in [5.41, 5.74) is 1.02. The number of hydrogen-bond acceptors (Lipinski definition) is 3. The number of methoxy groups -OCH3 is 1. The van der Waals surface area contributed by atoms with E-state index in [0.717, 1.165) is 24.2 Å². The second-order valence-corrected chi connectivity index (χ2v) is 5.30. The Morgan fingerprint density at radius 3 is 2.75 bits per heavy atom. The van der Waals surface area contributed by atoms with Gasteiger partial charge in [0.05, 0.1) is 7.11 Å². The van der Waals surface area contributed by atoms with Gasteiger partial charge in [-0.05, 0) is 30.5 Å². The van der Waals surface area contributed by atoms with Crippen molar-refractivity contribution in [2.45, 2.75) is 31.3 Å². The standard InChI is InChI=1S/C15H18N2O3/c1-20-11-6-4-10(5-7-11)9-12-15(19)17-8-2-3-13(17)14(18)16-12/h4-7,12-13H,2-3,8-9H2,1H3,(H,16,18)/t12-,13-/m0/s1. The van der Waals surface area contributed by atoms with E-state index in [-0.39, 0.29) is 17.9 Å². The molecule has 2 aliphatic heterocycles. The highest BCUT2D eigenvalue weighted by Gasteiger charge is 2.42. The normalized spacial score (nSPS) is 25.4. The summed E-state index contributed by atoms with van der Waals surface area (Å²) >= 11 is 0. The molecule has 0 aliphatic carbocycles. The van der Waals surface area contributed by atoms with Gasteiger partial charge in [-0.1, -0.05) is 12.1 Å². The molecule has 3 rings (SSSR count). The Hall–Kier alpha value is -2.04. The van der Waals surface area contributed by atoms with E-state index in [2.05, 4.69) is 5.32 Å². The molecule has 2 fully saturated rings. The maximum absolute atomic E-state index is 12.4. The highest BCUT2D eigenvalue weighted by molar-refractivity contribution is 5.97. The van der Waals surface area contributed by atoms with Crippen LogP contribution < -0.4 is 10.1 Å². The van der Waals surface area contributed by atoms with E-state index in [1.165, 1.54) is 0 Å². The van der Waals surface area contributed by atoms with E-state index >= 15 is 0 Å². The number of carbonyl (C=O) groups excluding carboxylic acids is 2. The predicted molar refractivity (Wildman–Crippen MR) is 73.4 cm³/mol. The molecule has 0 aromatic heterocycles. The van der Waals surface area contributed by atoms with Crippen molar-refractivity contribution < 1.29 is 14.3 Å². The third kappa shape index (κ3) is 2.24. The fourth-order valence-corrected chi connectivity index (χ4v) is 2.97. The smallest absolute Gasteiger partial charge is 0.246 e. The highest BCUT2D eigenvalue weighted by Crippen LogP contribution is 2.23. The minimum Gasteiger partial charge on any atom is -0.497 e. The van der Waals surface area contributed by atoms with Crippen LogP contribution in [-0.2, 0) is 16.0 Å². The Morgan fingerprint density at radius 2 is 2.05 bits per heavy atom. The van der Waals surface area contributed by atoms with Crippen molar-refractivity contribution in [2.24, 2.45) is 0 Å². The first-order chi connectivity index (χ1) is 9.69. The summed E-state index contributed by atoms with van der Waals surface area (Å²) in [4.78, 5) is 26.1. The number of amides is 2. The molecule has 2 heterocycles. The Balaban J connectivity index is 1.73. The zero-order chi connectivity index (χ0) is 14.1. The summed E-state index contributed by atoms with van der Waals surface area (Å²) in [5.74, 6) is 0.816. The summed E-state index contributed by atoms with van der Waals surface area (Å²) in [5, 5.41) is 2.85. The van der Waals surface area contributed by atoms with Crippen LogP contribution in [0.4, 0.5) is 0 Å². The van der Waals surface area contributed by atoms with E-state index in [4.69, 9.17) is 4.74 Å². The molecule has 2 saturated heterocycles. The van der Waals surface area contributed by atoms with Crippen LogP contribution in [0, 0.1) is 0 Å². The number of fused-ring (bicyclic) bond motifs is 1. The van der Waals surface area contributed by atoms with Crippen molar-refractivity contribution >= 4 is 11.8 Å². The van der Waals surface area contributed by atoms with E-state index < -0.39 is 6.04 Å². The van der Waals surface area contributed by atoms with Crippen molar-refractivity contribution in [3.8, 4) is 5.75 Å². The second-order valence-electron chi connectivity index (χ2n) is 5.30. The molecule has 2 aliphatic rings. The topological polar surface area (TPSA) is 58.6 Å². The van der Waals surface area contributed by atoms with Gasteiger partial charge < -0.3 is 15.0 Å². The van der Waals surface area contributed by atoms with Crippen LogP contribution in [0.1, 0.15) is 18.4 Å². The van der Waals surface area contributed by atoms with Crippen molar-refractivity contribution in [3.05, 3.63) is 29.8 Å². The summed E-state index contributed by atoms with van der Waals surface area (Å²) < 4.78 is 5.11. The number of benzene rings is 1. The minimum absolute atomic E-state index is 0.0133. The molecule has 1 N–H and O–H groups in total. The Labute approximate surface area is 117 Å². The third-order valence-corrected chi connectivity index (χ3v) is 4.05. The molecular weight excluding hydrogens is 256 g/mol. The number of nitrogens with one attached hydrogen (secondary N) is 1. The summed E-state index contributed by atoms with van der Waals surface area (Å²) in [6.07, 6.45) is 2.23. The lowest BCUT2D eigenvalue weighted by Crippen LogP contribution is -2.61. The number of piperazine rings is 1. The summed E-state index contributed by atoms with van der Waals surface area (Å²) in [7, 11) is 1.62. The number of carbonyl (C=O) groups is 2. The molecular formula is C15H18N2O3. The number of hydrogen-bond donors (Lipinski definition) is 1. The molecule has 1 aromatic carbocycles. The molecule has 0 radical (unpaired) electrons. The highest BCUT2D eigenvalue weighted by atomic mass is 16.5. The van der Waals surface area contributed by atoms with Crippen LogP contribution in [0.3, 0.4) is 0 Å².